The average molecular weight is 192 g/mol. The fourth-order valence-electron chi connectivity index (χ4n) is 1.35. The second-order valence-electron chi connectivity index (χ2n) is 3.33. The molecule has 1 aromatic heterocycles. The molecule has 0 aliphatic heterocycles. The van der Waals surface area contributed by atoms with Crippen LogP contribution in [0.15, 0.2) is 18.0 Å². The average Bonchev–Trinajstić information content (AvgIpc) is 2.48. The van der Waals surface area contributed by atoms with Crippen LogP contribution in [0, 0.1) is 0 Å². The normalized spacial score (nSPS) is 11.4. The second kappa shape index (κ2) is 4.43. The van der Waals surface area contributed by atoms with E-state index < -0.39 is 0 Å². The molecule has 0 unspecified atom stereocenters. The third-order valence-corrected chi connectivity index (χ3v) is 3.04. The van der Waals surface area contributed by atoms with Crippen LogP contribution in [0.5, 0.6) is 0 Å². The molecule has 0 nitrogen and oxygen atoms in total. The Kier molecular flexibility index (Phi) is 3.49. The lowest BCUT2D eigenvalue weighted by Gasteiger charge is -2.04. The maximum Gasteiger partial charge on any atom is 0.0339 e. The first-order valence-electron chi connectivity index (χ1n) is 4.57. The highest BCUT2D eigenvalue weighted by Crippen LogP contribution is 2.30. The van der Waals surface area contributed by atoms with Crippen molar-refractivity contribution in [2.24, 2.45) is 0 Å². The Morgan fingerprint density at radius 2 is 2.15 bits per heavy atom. The predicted octanol–water partition coefficient (Wildman–Crippen LogP) is 4.55. The number of hydrogen-bond donors (Lipinski definition) is 0. The number of rotatable bonds is 3. The molecule has 0 atom stereocenters. The Hall–Kier alpha value is -0.820. The topological polar surface area (TPSA) is 0 Å². The van der Waals surface area contributed by atoms with Crippen LogP contribution in [0.25, 0.3) is 12.2 Å². The Balaban J connectivity index is 3.21. The molecule has 1 aromatic rings. The van der Waals surface area contributed by atoms with Gasteiger partial charge < -0.3 is 0 Å². The van der Waals surface area contributed by atoms with E-state index in [1.807, 2.05) is 6.08 Å². The van der Waals surface area contributed by atoms with E-state index in [1.54, 1.807) is 11.3 Å². The zero-order chi connectivity index (χ0) is 9.84. The molecule has 0 amide bonds. The molecule has 0 spiro atoms. The molecule has 1 heterocycles. The zero-order valence-corrected chi connectivity index (χ0v) is 9.32. The van der Waals surface area contributed by atoms with E-state index in [1.165, 1.54) is 16.0 Å². The molecule has 0 aromatic carbocycles. The SMILES string of the molecule is C=Cc1scc(C(C)C)c1/C=C\C. The standard InChI is InChI=1S/C12H16S/c1-5-7-10-11(9(3)4)8-13-12(10)6-2/h5-9H,2H2,1,3-4H3/b7-5-. The van der Waals surface area contributed by atoms with Crippen LogP contribution in [0.1, 0.15) is 42.7 Å². The lowest BCUT2D eigenvalue weighted by molar-refractivity contribution is 0.869. The van der Waals surface area contributed by atoms with Gasteiger partial charge in [0, 0.05) is 4.88 Å². The van der Waals surface area contributed by atoms with Crippen LogP contribution in [0.4, 0.5) is 0 Å². The number of allylic oxidation sites excluding steroid dienone is 1. The van der Waals surface area contributed by atoms with Gasteiger partial charge in [-0.05, 0) is 29.3 Å². The molecule has 0 N–H and O–H groups in total. The van der Waals surface area contributed by atoms with Gasteiger partial charge in [0.2, 0.25) is 0 Å². The van der Waals surface area contributed by atoms with Crippen LogP contribution in [0.3, 0.4) is 0 Å². The molecule has 0 bridgehead atoms. The first-order valence-corrected chi connectivity index (χ1v) is 5.45. The Morgan fingerprint density at radius 1 is 1.46 bits per heavy atom. The van der Waals surface area contributed by atoms with E-state index >= 15 is 0 Å². The van der Waals surface area contributed by atoms with Crippen LogP contribution >= 0.6 is 11.3 Å². The van der Waals surface area contributed by atoms with Crippen molar-refractivity contribution >= 4 is 23.5 Å². The highest BCUT2D eigenvalue weighted by molar-refractivity contribution is 7.11. The lowest BCUT2D eigenvalue weighted by Crippen LogP contribution is -1.87. The summed E-state index contributed by atoms with van der Waals surface area (Å²) in [6.45, 7) is 10.3. The maximum atomic E-state index is 3.82. The fraction of sp³-hybridized carbons (Fsp3) is 0.333. The lowest BCUT2D eigenvalue weighted by atomic mass is 10.0. The predicted molar refractivity (Wildman–Crippen MR) is 63.2 cm³/mol. The van der Waals surface area contributed by atoms with E-state index in [4.69, 9.17) is 0 Å². The van der Waals surface area contributed by atoms with Gasteiger partial charge in [0.05, 0.1) is 0 Å². The summed E-state index contributed by atoms with van der Waals surface area (Å²) in [4.78, 5) is 1.28. The van der Waals surface area contributed by atoms with Gasteiger partial charge in [-0.1, -0.05) is 38.7 Å². The van der Waals surface area contributed by atoms with Gasteiger partial charge >= 0.3 is 0 Å². The Morgan fingerprint density at radius 3 is 2.62 bits per heavy atom. The van der Waals surface area contributed by atoms with Crippen molar-refractivity contribution in [1.82, 2.24) is 0 Å². The molecule has 70 valence electrons. The molecule has 0 aliphatic carbocycles. The third kappa shape index (κ3) is 2.10. The summed E-state index contributed by atoms with van der Waals surface area (Å²) in [7, 11) is 0. The van der Waals surface area contributed by atoms with Gasteiger partial charge in [0.1, 0.15) is 0 Å². The monoisotopic (exact) mass is 192 g/mol. The van der Waals surface area contributed by atoms with Gasteiger partial charge in [-0.25, -0.2) is 0 Å². The number of thiophene rings is 1. The van der Waals surface area contributed by atoms with E-state index in [0.29, 0.717) is 5.92 Å². The highest BCUT2D eigenvalue weighted by Gasteiger charge is 2.09. The molecule has 13 heavy (non-hydrogen) atoms. The largest absolute Gasteiger partial charge is 0.144 e. The molecule has 0 saturated carbocycles. The van der Waals surface area contributed by atoms with E-state index in [-0.39, 0.29) is 0 Å². The summed E-state index contributed by atoms with van der Waals surface area (Å²) >= 11 is 1.78. The Bertz CT molecular complexity index is 316. The minimum atomic E-state index is 0.594. The zero-order valence-electron chi connectivity index (χ0n) is 8.50. The van der Waals surface area contributed by atoms with Crippen molar-refractivity contribution in [1.29, 1.82) is 0 Å². The third-order valence-electron chi connectivity index (χ3n) is 2.03. The van der Waals surface area contributed by atoms with Crippen molar-refractivity contribution in [2.75, 3.05) is 0 Å². The van der Waals surface area contributed by atoms with Gasteiger partial charge in [0.15, 0.2) is 0 Å². The highest BCUT2D eigenvalue weighted by atomic mass is 32.1. The molecule has 1 rings (SSSR count). The first-order chi connectivity index (χ1) is 6.20. The van der Waals surface area contributed by atoms with Gasteiger partial charge in [0.25, 0.3) is 0 Å². The quantitative estimate of drug-likeness (QED) is 0.659. The van der Waals surface area contributed by atoms with Crippen molar-refractivity contribution in [3.63, 3.8) is 0 Å². The van der Waals surface area contributed by atoms with E-state index in [0.717, 1.165) is 0 Å². The van der Waals surface area contributed by atoms with Gasteiger partial charge in [-0.15, -0.1) is 11.3 Å². The summed E-state index contributed by atoms with van der Waals surface area (Å²) in [6, 6.07) is 0. The van der Waals surface area contributed by atoms with Crippen molar-refractivity contribution in [3.8, 4) is 0 Å². The molecule has 0 saturated heterocycles. The van der Waals surface area contributed by atoms with E-state index in [2.05, 4.69) is 44.9 Å². The molecular weight excluding hydrogens is 176 g/mol. The fourth-order valence-corrected chi connectivity index (χ4v) is 2.41. The van der Waals surface area contributed by atoms with Gasteiger partial charge in [-0.2, -0.15) is 0 Å². The smallest absolute Gasteiger partial charge is 0.0339 e. The molecule has 0 fully saturated rings. The van der Waals surface area contributed by atoms with E-state index in [9.17, 15) is 0 Å². The number of hydrogen-bond acceptors (Lipinski definition) is 1. The second-order valence-corrected chi connectivity index (χ2v) is 4.24. The van der Waals surface area contributed by atoms with Crippen LogP contribution in [0.2, 0.25) is 0 Å². The Labute approximate surface area is 84.6 Å². The molecule has 1 heteroatoms. The minimum Gasteiger partial charge on any atom is -0.144 e. The molecular formula is C12H16S. The summed E-state index contributed by atoms with van der Waals surface area (Å²) in [5.74, 6) is 0.594. The minimum absolute atomic E-state index is 0.594. The van der Waals surface area contributed by atoms with Crippen molar-refractivity contribution < 1.29 is 0 Å². The molecule has 0 radical (unpaired) electrons. The first kappa shape index (κ1) is 10.3. The summed E-state index contributed by atoms with van der Waals surface area (Å²) < 4.78 is 0. The van der Waals surface area contributed by atoms with Crippen LogP contribution in [-0.4, -0.2) is 0 Å². The van der Waals surface area contributed by atoms with Crippen LogP contribution < -0.4 is 0 Å². The van der Waals surface area contributed by atoms with Crippen LogP contribution in [-0.2, 0) is 0 Å². The summed E-state index contributed by atoms with van der Waals surface area (Å²) in [5, 5.41) is 2.23. The van der Waals surface area contributed by atoms with Gasteiger partial charge in [-0.3, -0.25) is 0 Å². The summed E-state index contributed by atoms with van der Waals surface area (Å²) in [5.41, 5.74) is 2.77. The van der Waals surface area contributed by atoms with Crippen molar-refractivity contribution in [3.05, 3.63) is 34.0 Å². The summed E-state index contributed by atoms with van der Waals surface area (Å²) in [6.07, 6.45) is 6.19. The molecule has 0 aliphatic rings. The van der Waals surface area contributed by atoms with Crippen molar-refractivity contribution in [2.45, 2.75) is 26.7 Å². The maximum absolute atomic E-state index is 3.82.